The zero-order valence-corrected chi connectivity index (χ0v) is 21.5. The second kappa shape index (κ2) is 10.5. The van der Waals surface area contributed by atoms with Gasteiger partial charge in [-0.25, -0.2) is 19.4 Å². The molecule has 4 rings (SSSR count). The molecular formula is C28H28N2O8. The van der Waals surface area contributed by atoms with E-state index in [1.54, 1.807) is 28.8 Å². The van der Waals surface area contributed by atoms with Crippen LogP contribution < -0.4 is 10.6 Å². The summed E-state index contributed by atoms with van der Waals surface area (Å²) in [4.78, 5) is 41.0. The molecule has 2 heterocycles. The van der Waals surface area contributed by atoms with Crippen molar-refractivity contribution >= 4 is 11.9 Å². The molecule has 2 aromatic carbocycles. The van der Waals surface area contributed by atoms with Gasteiger partial charge in [0.15, 0.2) is 11.5 Å². The van der Waals surface area contributed by atoms with E-state index in [1.807, 2.05) is 31.2 Å². The number of esters is 1. The van der Waals surface area contributed by atoms with E-state index in [1.165, 1.54) is 20.8 Å². The Morgan fingerprint density at radius 1 is 1.08 bits per heavy atom. The molecule has 10 nitrogen and oxygen atoms in total. The van der Waals surface area contributed by atoms with Crippen molar-refractivity contribution < 1.29 is 33.4 Å². The highest BCUT2D eigenvalue weighted by Crippen LogP contribution is 2.29. The molecule has 198 valence electrons. The zero-order chi connectivity index (χ0) is 27.6. The Hall–Kier alpha value is -4.44. The van der Waals surface area contributed by atoms with Crippen LogP contribution in [0.2, 0.25) is 0 Å². The van der Waals surface area contributed by atoms with E-state index in [2.05, 4.69) is 4.98 Å². The van der Waals surface area contributed by atoms with Gasteiger partial charge in [0.2, 0.25) is 0 Å². The normalized spacial score (nSPS) is 11.5. The summed E-state index contributed by atoms with van der Waals surface area (Å²) in [6.07, 6.45) is 1.26. The third-order valence-electron chi connectivity index (χ3n) is 5.94. The van der Waals surface area contributed by atoms with E-state index in [9.17, 15) is 24.6 Å². The van der Waals surface area contributed by atoms with Gasteiger partial charge in [-0.15, -0.1) is 0 Å². The number of hydrogen-bond donors (Lipinski definition) is 2. The predicted molar refractivity (Wildman–Crippen MR) is 136 cm³/mol. The molecular weight excluding hydrogens is 492 g/mol. The van der Waals surface area contributed by atoms with E-state index in [-0.39, 0.29) is 35.2 Å². The first-order valence-electron chi connectivity index (χ1n) is 12.1. The van der Waals surface area contributed by atoms with Crippen LogP contribution in [0.25, 0.3) is 11.1 Å². The number of rotatable bonds is 9. The molecule has 0 bridgehead atoms. The van der Waals surface area contributed by atoms with Crippen LogP contribution in [-0.2, 0) is 18.6 Å². The number of carboxylic acid groups (broad SMARTS) is 1. The van der Waals surface area contributed by atoms with E-state index in [0.29, 0.717) is 17.8 Å². The summed E-state index contributed by atoms with van der Waals surface area (Å²) in [7, 11) is 0. The van der Waals surface area contributed by atoms with Gasteiger partial charge in [-0.05, 0) is 43.0 Å². The number of carbonyl (C=O) groups excluding carboxylic acids is 1. The van der Waals surface area contributed by atoms with E-state index < -0.39 is 23.4 Å². The average Bonchev–Trinajstić information content (AvgIpc) is 3.38. The van der Waals surface area contributed by atoms with Crippen LogP contribution in [0.15, 0.2) is 62.2 Å². The van der Waals surface area contributed by atoms with Gasteiger partial charge in [0.05, 0.1) is 5.56 Å². The Morgan fingerprint density at radius 2 is 1.76 bits per heavy atom. The van der Waals surface area contributed by atoms with Crippen molar-refractivity contribution in [2.75, 3.05) is 0 Å². The molecule has 0 fully saturated rings. The van der Waals surface area contributed by atoms with Crippen molar-refractivity contribution in [3.05, 3.63) is 93.2 Å². The number of aryl methyl sites for hydroxylation is 2. The Labute approximate surface area is 218 Å². The summed E-state index contributed by atoms with van der Waals surface area (Å²) in [5.74, 6) is -2.67. The molecule has 2 aromatic heterocycles. The monoisotopic (exact) mass is 520 g/mol. The van der Waals surface area contributed by atoms with Crippen LogP contribution in [0.1, 0.15) is 70.9 Å². The van der Waals surface area contributed by atoms with Crippen molar-refractivity contribution in [1.82, 2.24) is 9.55 Å². The summed E-state index contributed by atoms with van der Waals surface area (Å²) in [6, 6.07) is 14.0. The minimum atomic E-state index is -1.47. The number of aromatic carboxylic acids is 1. The maximum absolute atomic E-state index is 13.4. The fourth-order valence-corrected chi connectivity index (χ4v) is 4.17. The molecule has 0 atom stereocenters. The number of benzene rings is 2. The highest BCUT2D eigenvalue weighted by molar-refractivity contribution is 5.96. The standard InChI is InChI=1S/C28H28N2O8/c1-5-8-21-29-23(28(3,4)35)22(25(33)37-26-16(2)36-27(34)38-26)30(21)15-17-11-13-18(14-12-17)19-9-6-7-10-20(19)24(31)32/h6-7,9-14,35H,5,8,15H2,1-4H3,(H,31,32). The zero-order valence-electron chi connectivity index (χ0n) is 21.5. The molecule has 0 saturated heterocycles. The summed E-state index contributed by atoms with van der Waals surface area (Å²) in [6.45, 7) is 6.65. The number of hydrogen-bond acceptors (Lipinski definition) is 8. The average molecular weight is 521 g/mol. The van der Waals surface area contributed by atoms with Crippen LogP contribution >= 0.6 is 0 Å². The first-order valence-corrected chi connectivity index (χ1v) is 12.1. The number of carbonyl (C=O) groups is 2. The lowest BCUT2D eigenvalue weighted by molar-refractivity contribution is 0.0599. The maximum atomic E-state index is 13.4. The quantitative estimate of drug-likeness (QED) is 0.304. The molecule has 4 aromatic rings. The van der Waals surface area contributed by atoms with Crippen molar-refractivity contribution in [3.63, 3.8) is 0 Å². The van der Waals surface area contributed by atoms with Crippen molar-refractivity contribution in [2.24, 2.45) is 0 Å². The third-order valence-corrected chi connectivity index (χ3v) is 5.94. The lowest BCUT2D eigenvalue weighted by atomic mass is 9.98. The second-order valence-corrected chi connectivity index (χ2v) is 9.36. The Morgan fingerprint density at radius 3 is 2.34 bits per heavy atom. The number of imidazole rings is 1. The van der Waals surface area contributed by atoms with Crippen LogP contribution in [0.5, 0.6) is 5.95 Å². The number of aliphatic hydroxyl groups is 1. The largest absolute Gasteiger partial charge is 0.521 e. The lowest BCUT2D eigenvalue weighted by Gasteiger charge is -2.17. The highest BCUT2D eigenvalue weighted by atomic mass is 16.7. The minimum absolute atomic E-state index is 0.00485. The number of ether oxygens (including phenoxy) is 1. The Balaban J connectivity index is 1.75. The fraction of sp³-hybridized carbons (Fsp3) is 0.286. The van der Waals surface area contributed by atoms with Crippen LogP contribution in [-0.4, -0.2) is 31.7 Å². The van der Waals surface area contributed by atoms with Crippen LogP contribution in [0.3, 0.4) is 0 Å². The smallest absolute Gasteiger partial charge is 0.478 e. The van der Waals surface area contributed by atoms with Crippen LogP contribution in [0, 0.1) is 6.92 Å². The number of aromatic nitrogens is 2. The Kier molecular flexibility index (Phi) is 7.36. The van der Waals surface area contributed by atoms with Gasteiger partial charge in [0.25, 0.3) is 0 Å². The van der Waals surface area contributed by atoms with Gasteiger partial charge in [-0.2, -0.15) is 0 Å². The predicted octanol–water partition coefficient (Wildman–Crippen LogP) is 4.55. The van der Waals surface area contributed by atoms with Gasteiger partial charge < -0.3 is 28.4 Å². The van der Waals surface area contributed by atoms with Gasteiger partial charge >= 0.3 is 23.7 Å². The van der Waals surface area contributed by atoms with Crippen LogP contribution in [0.4, 0.5) is 0 Å². The topological polar surface area (TPSA) is 145 Å². The van der Waals surface area contributed by atoms with Gasteiger partial charge in [-0.1, -0.05) is 49.4 Å². The van der Waals surface area contributed by atoms with E-state index in [0.717, 1.165) is 17.5 Å². The molecule has 0 amide bonds. The lowest BCUT2D eigenvalue weighted by Crippen LogP contribution is -2.24. The summed E-state index contributed by atoms with van der Waals surface area (Å²) in [5, 5.41) is 20.4. The van der Waals surface area contributed by atoms with Crippen molar-refractivity contribution in [3.8, 4) is 17.1 Å². The Bertz CT molecular complexity index is 1530. The molecule has 38 heavy (non-hydrogen) atoms. The molecule has 0 aliphatic rings. The fourth-order valence-electron chi connectivity index (χ4n) is 4.17. The number of carboxylic acids is 1. The SMILES string of the molecule is CCCc1nc(C(C)(C)O)c(C(=O)Oc2oc(=O)oc2C)n1Cc1ccc(-c2ccccc2C(=O)O)cc1. The molecule has 0 saturated carbocycles. The summed E-state index contributed by atoms with van der Waals surface area (Å²) in [5.41, 5.74) is 0.990. The third kappa shape index (κ3) is 5.45. The summed E-state index contributed by atoms with van der Waals surface area (Å²) < 4.78 is 16.6. The van der Waals surface area contributed by atoms with Gasteiger partial charge in [-0.3, -0.25) is 0 Å². The maximum Gasteiger partial charge on any atom is 0.521 e. The molecule has 0 radical (unpaired) electrons. The minimum Gasteiger partial charge on any atom is -0.478 e. The summed E-state index contributed by atoms with van der Waals surface area (Å²) >= 11 is 0. The number of nitrogens with zero attached hydrogens (tertiary/aromatic N) is 2. The molecule has 0 spiro atoms. The highest BCUT2D eigenvalue weighted by Gasteiger charge is 2.33. The van der Waals surface area contributed by atoms with Crippen molar-refractivity contribution in [2.45, 2.75) is 52.7 Å². The van der Waals surface area contributed by atoms with Gasteiger partial charge in [0, 0.05) is 19.9 Å². The van der Waals surface area contributed by atoms with E-state index in [4.69, 9.17) is 13.6 Å². The second-order valence-electron chi connectivity index (χ2n) is 9.36. The molecule has 0 aliphatic carbocycles. The molecule has 2 N–H and O–H groups in total. The molecule has 10 heteroatoms. The first-order chi connectivity index (χ1) is 18.0. The molecule has 0 unspecified atom stereocenters. The van der Waals surface area contributed by atoms with E-state index >= 15 is 0 Å². The van der Waals surface area contributed by atoms with Gasteiger partial charge in [0.1, 0.15) is 17.1 Å². The van der Waals surface area contributed by atoms with Crippen molar-refractivity contribution in [1.29, 1.82) is 0 Å². The first kappa shape index (κ1) is 26.6. The molecule has 0 aliphatic heterocycles.